The second-order valence-corrected chi connectivity index (χ2v) is 7.17. The minimum Gasteiger partial charge on any atom is -0.480 e. The number of hydrogen-bond acceptors (Lipinski definition) is 3. The molecule has 1 aliphatic carbocycles. The van der Waals surface area contributed by atoms with Gasteiger partial charge in [0, 0.05) is 13.1 Å². The molecule has 0 aromatic heterocycles. The highest BCUT2D eigenvalue weighted by molar-refractivity contribution is 6.42. The molecule has 2 N–H and O–H groups in total. The number of carboxylic acids is 1. The maximum atomic E-state index is 11.8. The molecule has 2 aliphatic rings. The molecule has 0 spiro atoms. The molecular formula is C16H19Cl2NO3. The molecule has 22 heavy (non-hydrogen) atoms. The number of aliphatic hydroxyl groups is 1. The van der Waals surface area contributed by atoms with Crippen molar-refractivity contribution >= 4 is 29.2 Å². The molecule has 2 fully saturated rings. The quantitative estimate of drug-likeness (QED) is 0.884. The van der Waals surface area contributed by atoms with Crippen LogP contribution in [0, 0.1) is 11.8 Å². The number of benzene rings is 1. The highest BCUT2D eigenvalue weighted by Crippen LogP contribution is 2.40. The van der Waals surface area contributed by atoms with E-state index in [9.17, 15) is 15.0 Å². The minimum atomic E-state index is -0.877. The van der Waals surface area contributed by atoms with E-state index in [0.29, 0.717) is 34.0 Å². The Bertz CT molecular complexity index is 581. The summed E-state index contributed by atoms with van der Waals surface area (Å²) < 4.78 is 0. The molecule has 1 aliphatic heterocycles. The van der Waals surface area contributed by atoms with E-state index in [4.69, 9.17) is 23.2 Å². The van der Waals surface area contributed by atoms with Gasteiger partial charge in [0.2, 0.25) is 0 Å². The number of aliphatic hydroxyl groups excluding tert-OH is 1. The summed E-state index contributed by atoms with van der Waals surface area (Å²) in [5.41, 5.74) is 0.654. The Morgan fingerprint density at radius 1 is 1.18 bits per heavy atom. The molecule has 1 aromatic carbocycles. The SMILES string of the molecule is O=C(O)C(c1ccc(Cl)c(Cl)c1)N1C[C@H]2CC[C@@H](O)C[C@H]2C1. The number of nitrogens with zero attached hydrogens (tertiary/aromatic N) is 1. The average Bonchev–Trinajstić information content (AvgIpc) is 2.84. The van der Waals surface area contributed by atoms with E-state index in [1.54, 1.807) is 18.2 Å². The standard InChI is InChI=1S/C16H19Cl2NO3/c17-13-4-2-9(6-14(13)18)15(16(21)22)19-7-10-1-3-12(20)5-11(10)8-19/h2,4,6,10-12,15,20H,1,3,5,7-8H2,(H,21,22)/t10-,11+,12-,15?/m1/s1. The van der Waals surface area contributed by atoms with Crippen LogP contribution < -0.4 is 0 Å². The molecule has 1 unspecified atom stereocenters. The fraction of sp³-hybridized carbons (Fsp3) is 0.562. The number of carboxylic acid groups (broad SMARTS) is 1. The lowest BCUT2D eigenvalue weighted by atomic mass is 9.80. The molecule has 1 saturated carbocycles. The zero-order valence-corrected chi connectivity index (χ0v) is 13.6. The Balaban J connectivity index is 1.83. The maximum absolute atomic E-state index is 11.8. The fourth-order valence-electron chi connectivity index (χ4n) is 3.85. The molecule has 1 saturated heterocycles. The molecule has 1 heterocycles. The van der Waals surface area contributed by atoms with Gasteiger partial charge in [-0.25, -0.2) is 0 Å². The highest BCUT2D eigenvalue weighted by atomic mass is 35.5. The summed E-state index contributed by atoms with van der Waals surface area (Å²) in [4.78, 5) is 13.8. The summed E-state index contributed by atoms with van der Waals surface area (Å²) in [7, 11) is 0. The van der Waals surface area contributed by atoms with Crippen molar-refractivity contribution in [1.82, 2.24) is 4.90 Å². The van der Waals surface area contributed by atoms with Crippen LogP contribution in [0.2, 0.25) is 10.0 Å². The summed E-state index contributed by atoms with van der Waals surface area (Å²) >= 11 is 12.0. The number of carbonyl (C=O) groups is 1. The van der Waals surface area contributed by atoms with Gasteiger partial charge < -0.3 is 10.2 Å². The van der Waals surface area contributed by atoms with Crippen molar-refractivity contribution in [3.05, 3.63) is 33.8 Å². The van der Waals surface area contributed by atoms with E-state index in [1.165, 1.54) is 0 Å². The number of halogens is 2. The van der Waals surface area contributed by atoms with Crippen molar-refractivity contribution in [3.63, 3.8) is 0 Å². The summed E-state index contributed by atoms with van der Waals surface area (Å²) in [6.07, 6.45) is 2.32. The van der Waals surface area contributed by atoms with Crippen molar-refractivity contribution in [1.29, 1.82) is 0 Å². The molecule has 0 amide bonds. The molecule has 0 bridgehead atoms. The van der Waals surface area contributed by atoms with Gasteiger partial charge >= 0.3 is 5.97 Å². The van der Waals surface area contributed by atoms with Gasteiger partial charge in [0.25, 0.3) is 0 Å². The Labute approximate surface area is 139 Å². The van der Waals surface area contributed by atoms with E-state index in [-0.39, 0.29) is 6.10 Å². The maximum Gasteiger partial charge on any atom is 0.325 e. The number of hydrogen-bond donors (Lipinski definition) is 2. The summed E-state index contributed by atoms with van der Waals surface area (Å²) in [6, 6.07) is 4.29. The van der Waals surface area contributed by atoms with E-state index < -0.39 is 12.0 Å². The number of rotatable bonds is 3. The molecule has 6 heteroatoms. The minimum absolute atomic E-state index is 0.241. The van der Waals surface area contributed by atoms with Crippen LogP contribution in [0.4, 0.5) is 0 Å². The monoisotopic (exact) mass is 343 g/mol. The van der Waals surface area contributed by atoms with Crippen molar-refractivity contribution in [2.75, 3.05) is 13.1 Å². The summed E-state index contributed by atoms with van der Waals surface area (Å²) in [5.74, 6) is -0.0148. The van der Waals surface area contributed by atoms with E-state index >= 15 is 0 Å². The fourth-order valence-corrected chi connectivity index (χ4v) is 4.15. The second kappa shape index (κ2) is 6.36. The number of aliphatic carboxylic acids is 1. The lowest BCUT2D eigenvalue weighted by molar-refractivity contribution is -0.143. The lowest BCUT2D eigenvalue weighted by Gasteiger charge is -2.27. The molecule has 1 aromatic rings. The van der Waals surface area contributed by atoms with Gasteiger partial charge in [0.1, 0.15) is 6.04 Å². The van der Waals surface area contributed by atoms with Crippen LogP contribution in [0.1, 0.15) is 30.9 Å². The Hall–Kier alpha value is -0.810. The van der Waals surface area contributed by atoms with Gasteiger partial charge in [-0.3, -0.25) is 9.69 Å². The Kier molecular flexibility index (Phi) is 4.64. The van der Waals surface area contributed by atoms with E-state index in [2.05, 4.69) is 0 Å². The third-order valence-electron chi connectivity index (χ3n) is 4.91. The van der Waals surface area contributed by atoms with Crippen molar-refractivity contribution < 1.29 is 15.0 Å². The molecule has 3 rings (SSSR count). The predicted molar refractivity (Wildman–Crippen MR) is 85.2 cm³/mol. The molecule has 4 nitrogen and oxygen atoms in total. The lowest BCUT2D eigenvalue weighted by Crippen LogP contribution is -2.32. The van der Waals surface area contributed by atoms with Crippen LogP contribution in [0.5, 0.6) is 0 Å². The second-order valence-electron chi connectivity index (χ2n) is 6.36. The van der Waals surface area contributed by atoms with Gasteiger partial charge in [-0.1, -0.05) is 29.3 Å². The van der Waals surface area contributed by atoms with Crippen LogP contribution in [-0.2, 0) is 4.79 Å². The summed E-state index contributed by atoms with van der Waals surface area (Å²) in [5, 5.41) is 20.3. The number of fused-ring (bicyclic) bond motifs is 1. The smallest absolute Gasteiger partial charge is 0.325 e. The van der Waals surface area contributed by atoms with Gasteiger partial charge in [-0.2, -0.15) is 0 Å². The Morgan fingerprint density at radius 3 is 2.59 bits per heavy atom. The Morgan fingerprint density at radius 2 is 1.91 bits per heavy atom. The van der Waals surface area contributed by atoms with Crippen molar-refractivity contribution in [2.24, 2.45) is 11.8 Å². The molecule has 0 radical (unpaired) electrons. The van der Waals surface area contributed by atoms with Crippen molar-refractivity contribution in [3.8, 4) is 0 Å². The van der Waals surface area contributed by atoms with Gasteiger partial charge in [0.05, 0.1) is 16.1 Å². The molecule has 4 atom stereocenters. The van der Waals surface area contributed by atoms with Gasteiger partial charge in [-0.15, -0.1) is 0 Å². The van der Waals surface area contributed by atoms with Gasteiger partial charge in [-0.05, 0) is 48.8 Å². The van der Waals surface area contributed by atoms with Crippen LogP contribution >= 0.6 is 23.2 Å². The van der Waals surface area contributed by atoms with E-state index in [1.807, 2.05) is 4.90 Å². The molecule has 120 valence electrons. The zero-order valence-electron chi connectivity index (χ0n) is 12.1. The normalized spacial score (nSPS) is 30.0. The largest absolute Gasteiger partial charge is 0.480 e. The topological polar surface area (TPSA) is 60.8 Å². The third-order valence-corrected chi connectivity index (χ3v) is 5.65. The van der Waals surface area contributed by atoms with E-state index in [0.717, 1.165) is 25.8 Å². The van der Waals surface area contributed by atoms with Crippen LogP contribution in [0.25, 0.3) is 0 Å². The first-order valence-corrected chi connectivity index (χ1v) is 8.31. The average molecular weight is 344 g/mol. The van der Waals surface area contributed by atoms with Crippen LogP contribution in [0.3, 0.4) is 0 Å². The van der Waals surface area contributed by atoms with Crippen LogP contribution in [-0.4, -0.2) is 40.3 Å². The first-order chi connectivity index (χ1) is 10.5. The highest BCUT2D eigenvalue weighted by Gasteiger charge is 2.41. The number of likely N-dealkylation sites (tertiary alicyclic amines) is 1. The van der Waals surface area contributed by atoms with Crippen molar-refractivity contribution in [2.45, 2.75) is 31.4 Å². The zero-order chi connectivity index (χ0) is 15.9. The molecular weight excluding hydrogens is 325 g/mol. The first kappa shape index (κ1) is 16.1. The summed E-state index contributed by atoms with van der Waals surface area (Å²) in [6.45, 7) is 1.47. The van der Waals surface area contributed by atoms with Crippen LogP contribution in [0.15, 0.2) is 18.2 Å². The third kappa shape index (κ3) is 3.11. The van der Waals surface area contributed by atoms with Gasteiger partial charge in [0.15, 0.2) is 0 Å². The first-order valence-electron chi connectivity index (χ1n) is 7.55. The predicted octanol–water partition coefficient (Wildman–Crippen LogP) is 3.21.